The molecule has 1 heterocycles. The van der Waals surface area contributed by atoms with Gasteiger partial charge in [0.25, 0.3) is 5.91 Å². The van der Waals surface area contributed by atoms with Crippen LogP contribution in [0.25, 0.3) is 0 Å². The van der Waals surface area contributed by atoms with Crippen molar-refractivity contribution in [3.8, 4) is 5.75 Å². The number of rotatable bonds is 6. The molecule has 6 nitrogen and oxygen atoms in total. The highest BCUT2D eigenvalue weighted by Crippen LogP contribution is 2.27. The third-order valence-electron chi connectivity index (χ3n) is 5.04. The second-order valence-electron chi connectivity index (χ2n) is 7.08. The summed E-state index contributed by atoms with van der Waals surface area (Å²) in [6, 6.07) is 12.1. The molecule has 0 radical (unpaired) electrons. The monoisotopic (exact) mass is 402 g/mol. The summed E-state index contributed by atoms with van der Waals surface area (Å²) in [5.74, 6) is -0.0302. The van der Waals surface area contributed by atoms with Crippen LogP contribution < -0.4 is 10.1 Å². The average molecular weight is 403 g/mol. The highest BCUT2D eigenvalue weighted by molar-refractivity contribution is 7.89. The molecule has 0 aromatic heterocycles. The highest BCUT2D eigenvalue weighted by atomic mass is 32.2. The summed E-state index contributed by atoms with van der Waals surface area (Å²) in [4.78, 5) is 13.0. The molecular formula is C21H26N2O4S. The highest BCUT2D eigenvalue weighted by Gasteiger charge is 2.28. The Labute approximate surface area is 166 Å². The zero-order chi connectivity index (χ0) is 20.3. The van der Waals surface area contributed by atoms with E-state index < -0.39 is 10.0 Å². The number of hydrogen-bond acceptors (Lipinski definition) is 4. The molecule has 7 heteroatoms. The Hall–Kier alpha value is -2.38. The van der Waals surface area contributed by atoms with E-state index in [2.05, 4.69) is 5.32 Å². The van der Waals surface area contributed by atoms with Crippen molar-refractivity contribution in [1.82, 2.24) is 9.62 Å². The van der Waals surface area contributed by atoms with Crippen LogP contribution in [0.3, 0.4) is 0 Å². The Balaban J connectivity index is 1.87. The maximum Gasteiger partial charge on any atom is 0.255 e. The number of carbonyl (C=O) groups is 1. The minimum atomic E-state index is -3.61. The van der Waals surface area contributed by atoms with Crippen LogP contribution in [-0.4, -0.2) is 38.8 Å². The Bertz CT molecular complexity index is 949. The Morgan fingerprint density at radius 3 is 2.36 bits per heavy atom. The predicted molar refractivity (Wildman–Crippen MR) is 108 cm³/mol. The maximum atomic E-state index is 12.9. The minimum absolute atomic E-state index is 0.114. The van der Waals surface area contributed by atoms with Gasteiger partial charge in [-0.15, -0.1) is 0 Å². The van der Waals surface area contributed by atoms with E-state index in [1.807, 2.05) is 38.1 Å². The first kappa shape index (κ1) is 20.4. The van der Waals surface area contributed by atoms with Crippen molar-refractivity contribution >= 4 is 15.9 Å². The Morgan fingerprint density at radius 1 is 1.11 bits per heavy atom. The molecule has 2 aromatic rings. The van der Waals surface area contributed by atoms with Crippen LogP contribution in [0.1, 0.15) is 47.3 Å². The van der Waals surface area contributed by atoms with Gasteiger partial charge in [-0.3, -0.25) is 4.79 Å². The first-order chi connectivity index (χ1) is 13.3. The van der Waals surface area contributed by atoms with Crippen molar-refractivity contribution in [3.05, 3.63) is 59.2 Å². The van der Waals surface area contributed by atoms with Gasteiger partial charge in [0, 0.05) is 13.1 Å². The van der Waals surface area contributed by atoms with Gasteiger partial charge in [-0.05, 0) is 50.5 Å². The summed E-state index contributed by atoms with van der Waals surface area (Å²) in [5, 5.41) is 2.93. The molecule has 1 unspecified atom stereocenters. The van der Waals surface area contributed by atoms with Gasteiger partial charge in [0.2, 0.25) is 10.0 Å². The number of sulfonamides is 1. The zero-order valence-corrected chi connectivity index (χ0v) is 17.3. The smallest absolute Gasteiger partial charge is 0.255 e. The van der Waals surface area contributed by atoms with E-state index in [4.69, 9.17) is 4.74 Å². The Kier molecular flexibility index (Phi) is 6.05. The lowest BCUT2D eigenvalue weighted by Gasteiger charge is -2.18. The normalized spacial score (nSPS) is 16.0. The van der Waals surface area contributed by atoms with E-state index in [1.54, 1.807) is 0 Å². The number of amides is 1. The SMILES string of the molecule is COc1ccc(S(=O)(=O)N2CCCC2)cc1C(=O)NC(C)c1ccc(C)cc1. The number of methoxy groups -OCH3 is 1. The van der Waals surface area contributed by atoms with Crippen LogP contribution in [0.15, 0.2) is 47.4 Å². The second kappa shape index (κ2) is 8.32. The first-order valence-electron chi connectivity index (χ1n) is 9.38. The topological polar surface area (TPSA) is 75.7 Å². The first-order valence-corrected chi connectivity index (χ1v) is 10.8. The van der Waals surface area contributed by atoms with Gasteiger partial charge in [0.05, 0.1) is 23.6 Å². The summed E-state index contributed by atoms with van der Waals surface area (Å²) in [6.45, 7) is 4.92. The van der Waals surface area contributed by atoms with E-state index in [-0.39, 0.29) is 22.4 Å². The number of aryl methyl sites for hydroxylation is 1. The third kappa shape index (κ3) is 4.20. The molecule has 1 atom stereocenters. The minimum Gasteiger partial charge on any atom is -0.496 e. The van der Waals surface area contributed by atoms with E-state index in [1.165, 1.54) is 29.6 Å². The number of carbonyl (C=O) groups excluding carboxylic acids is 1. The molecule has 0 bridgehead atoms. The van der Waals surface area contributed by atoms with Crippen LogP contribution in [0, 0.1) is 6.92 Å². The lowest BCUT2D eigenvalue weighted by molar-refractivity contribution is 0.0936. The zero-order valence-electron chi connectivity index (χ0n) is 16.4. The molecule has 1 amide bonds. The molecule has 1 saturated heterocycles. The van der Waals surface area contributed by atoms with Crippen LogP contribution in [0.2, 0.25) is 0 Å². The fourth-order valence-corrected chi connectivity index (χ4v) is 4.86. The van der Waals surface area contributed by atoms with Gasteiger partial charge < -0.3 is 10.1 Å². The van der Waals surface area contributed by atoms with E-state index in [0.29, 0.717) is 18.8 Å². The van der Waals surface area contributed by atoms with Crippen LogP contribution in [0.4, 0.5) is 0 Å². The summed E-state index contributed by atoms with van der Waals surface area (Å²) in [5.41, 5.74) is 2.32. The number of benzene rings is 2. The molecule has 28 heavy (non-hydrogen) atoms. The van der Waals surface area contributed by atoms with E-state index in [9.17, 15) is 13.2 Å². The van der Waals surface area contributed by atoms with Crippen molar-refractivity contribution in [2.24, 2.45) is 0 Å². The summed E-state index contributed by atoms with van der Waals surface area (Å²) >= 11 is 0. The quantitative estimate of drug-likeness (QED) is 0.805. The molecule has 0 saturated carbocycles. The van der Waals surface area contributed by atoms with Gasteiger partial charge in [0.1, 0.15) is 5.75 Å². The maximum absolute atomic E-state index is 12.9. The van der Waals surface area contributed by atoms with Gasteiger partial charge in [-0.25, -0.2) is 8.42 Å². The van der Waals surface area contributed by atoms with Crippen LogP contribution in [-0.2, 0) is 10.0 Å². The van der Waals surface area contributed by atoms with Gasteiger partial charge in [-0.1, -0.05) is 29.8 Å². The van der Waals surface area contributed by atoms with Gasteiger partial charge >= 0.3 is 0 Å². The van der Waals surface area contributed by atoms with Gasteiger partial charge in [-0.2, -0.15) is 4.31 Å². The third-order valence-corrected chi connectivity index (χ3v) is 6.94. The lowest BCUT2D eigenvalue weighted by Crippen LogP contribution is -2.29. The summed E-state index contributed by atoms with van der Waals surface area (Å²) in [7, 11) is -2.14. The molecule has 1 aliphatic heterocycles. The van der Waals surface area contributed by atoms with E-state index >= 15 is 0 Å². The van der Waals surface area contributed by atoms with Crippen molar-refractivity contribution in [2.75, 3.05) is 20.2 Å². The average Bonchev–Trinajstić information content (AvgIpc) is 3.23. The molecule has 150 valence electrons. The molecule has 0 aliphatic carbocycles. The fourth-order valence-electron chi connectivity index (χ4n) is 3.32. The predicted octanol–water partition coefficient (Wildman–Crippen LogP) is 3.28. The fraction of sp³-hybridized carbons (Fsp3) is 0.381. The lowest BCUT2D eigenvalue weighted by atomic mass is 10.1. The van der Waals surface area contributed by atoms with Crippen molar-refractivity contribution < 1.29 is 17.9 Å². The van der Waals surface area contributed by atoms with Gasteiger partial charge in [0.15, 0.2) is 0 Å². The number of nitrogens with zero attached hydrogens (tertiary/aromatic N) is 1. The molecule has 2 aromatic carbocycles. The van der Waals surface area contributed by atoms with E-state index in [0.717, 1.165) is 24.0 Å². The molecule has 1 aliphatic rings. The molecule has 3 rings (SSSR count). The molecule has 0 spiro atoms. The van der Waals surface area contributed by atoms with Crippen molar-refractivity contribution in [1.29, 1.82) is 0 Å². The number of ether oxygens (including phenoxy) is 1. The van der Waals surface area contributed by atoms with Crippen molar-refractivity contribution in [2.45, 2.75) is 37.6 Å². The van der Waals surface area contributed by atoms with Crippen LogP contribution in [0.5, 0.6) is 5.75 Å². The number of nitrogens with one attached hydrogen (secondary N) is 1. The molecular weight excluding hydrogens is 376 g/mol. The summed E-state index contributed by atoms with van der Waals surface area (Å²) in [6.07, 6.45) is 1.72. The molecule has 1 fully saturated rings. The number of hydrogen-bond donors (Lipinski definition) is 1. The van der Waals surface area contributed by atoms with Crippen LogP contribution >= 0.6 is 0 Å². The Morgan fingerprint density at radius 2 is 1.75 bits per heavy atom. The summed E-state index contributed by atoms with van der Waals surface area (Å²) < 4.78 is 32.4. The molecule has 1 N–H and O–H groups in total. The van der Waals surface area contributed by atoms with Crippen molar-refractivity contribution in [3.63, 3.8) is 0 Å². The largest absolute Gasteiger partial charge is 0.496 e. The standard InChI is InChI=1S/C21H26N2O4S/c1-15-6-8-17(9-7-15)16(2)22-21(24)19-14-18(10-11-20(19)27-3)28(25,26)23-12-4-5-13-23/h6-11,14,16H,4-5,12-13H2,1-3H3,(H,22,24). The second-order valence-corrected chi connectivity index (χ2v) is 9.02.